The Bertz CT molecular complexity index is 577. The van der Waals surface area contributed by atoms with Gasteiger partial charge in [0.15, 0.2) is 0 Å². The fraction of sp³-hybridized carbons (Fsp3) is 0.385. The fourth-order valence-electron chi connectivity index (χ4n) is 2.18. The number of aromatic nitrogens is 4. The number of benzene rings is 1. The first-order valence-corrected chi connectivity index (χ1v) is 6.75. The molecule has 1 fully saturated rings. The van der Waals surface area contributed by atoms with Crippen LogP contribution in [0.3, 0.4) is 0 Å². The predicted octanol–water partition coefficient (Wildman–Crippen LogP) is 0.148. The summed E-state index contributed by atoms with van der Waals surface area (Å²) in [5, 5.41) is 13.4. The highest BCUT2D eigenvalue weighted by atomic mass is 16.5. The van der Waals surface area contributed by atoms with Crippen LogP contribution >= 0.6 is 0 Å². The molecule has 1 amide bonds. The maximum Gasteiger partial charge on any atom is 0.246 e. The molecule has 21 heavy (non-hydrogen) atoms. The number of ether oxygens (including phenoxy) is 1. The summed E-state index contributed by atoms with van der Waals surface area (Å²) < 4.78 is 6.70. The quantitative estimate of drug-likeness (QED) is 0.862. The largest absolute Gasteiger partial charge is 0.378 e. The summed E-state index contributed by atoms with van der Waals surface area (Å²) in [6.07, 6.45) is 1.40. The van der Waals surface area contributed by atoms with Gasteiger partial charge >= 0.3 is 0 Å². The molecule has 0 spiro atoms. The third kappa shape index (κ3) is 3.54. The molecule has 0 saturated carbocycles. The maximum atomic E-state index is 11.8. The molecule has 1 aliphatic heterocycles. The molecule has 2 heterocycles. The smallest absolute Gasteiger partial charge is 0.246 e. The van der Waals surface area contributed by atoms with Crippen LogP contribution in [0.25, 0.3) is 0 Å². The first kappa shape index (κ1) is 13.5. The summed E-state index contributed by atoms with van der Waals surface area (Å²) in [7, 11) is 0. The molecule has 110 valence electrons. The third-order valence-electron chi connectivity index (χ3n) is 3.22. The van der Waals surface area contributed by atoms with Crippen molar-refractivity contribution >= 4 is 17.3 Å². The highest BCUT2D eigenvalue weighted by Gasteiger charge is 2.11. The molecule has 0 atom stereocenters. The maximum absolute atomic E-state index is 11.8. The van der Waals surface area contributed by atoms with E-state index in [1.165, 1.54) is 11.0 Å². The Morgan fingerprint density at radius 3 is 2.67 bits per heavy atom. The summed E-state index contributed by atoms with van der Waals surface area (Å²) in [5.41, 5.74) is 1.89. The van der Waals surface area contributed by atoms with E-state index in [2.05, 4.69) is 25.7 Å². The Morgan fingerprint density at radius 2 is 2.00 bits per heavy atom. The second-order valence-corrected chi connectivity index (χ2v) is 4.70. The zero-order valence-corrected chi connectivity index (χ0v) is 11.5. The minimum atomic E-state index is -0.165. The second-order valence-electron chi connectivity index (χ2n) is 4.70. The molecule has 1 aromatic heterocycles. The molecule has 1 aliphatic rings. The van der Waals surface area contributed by atoms with Crippen LogP contribution < -0.4 is 10.2 Å². The zero-order chi connectivity index (χ0) is 14.5. The predicted molar refractivity (Wildman–Crippen MR) is 75.9 cm³/mol. The summed E-state index contributed by atoms with van der Waals surface area (Å²) >= 11 is 0. The van der Waals surface area contributed by atoms with Gasteiger partial charge < -0.3 is 15.0 Å². The van der Waals surface area contributed by atoms with Crippen molar-refractivity contribution < 1.29 is 9.53 Å². The van der Waals surface area contributed by atoms with E-state index in [-0.39, 0.29) is 12.5 Å². The van der Waals surface area contributed by atoms with Crippen LogP contribution in [0.15, 0.2) is 30.6 Å². The van der Waals surface area contributed by atoms with Crippen LogP contribution in [0.1, 0.15) is 0 Å². The number of carbonyl (C=O) groups is 1. The molecule has 0 radical (unpaired) electrons. The van der Waals surface area contributed by atoms with E-state index >= 15 is 0 Å². The van der Waals surface area contributed by atoms with Gasteiger partial charge in [0.05, 0.1) is 13.2 Å². The highest BCUT2D eigenvalue weighted by molar-refractivity contribution is 5.90. The highest BCUT2D eigenvalue weighted by Crippen LogP contribution is 2.18. The number of hydrogen-bond acceptors (Lipinski definition) is 6. The third-order valence-corrected chi connectivity index (χ3v) is 3.22. The lowest BCUT2D eigenvalue weighted by Gasteiger charge is -2.28. The second kappa shape index (κ2) is 6.31. The molecule has 2 aromatic rings. The van der Waals surface area contributed by atoms with Crippen LogP contribution in [-0.4, -0.2) is 52.4 Å². The van der Waals surface area contributed by atoms with Crippen molar-refractivity contribution in [3.8, 4) is 0 Å². The Hall–Kier alpha value is -2.48. The van der Waals surface area contributed by atoms with E-state index < -0.39 is 0 Å². The fourth-order valence-corrected chi connectivity index (χ4v) is 2.18. The lowest BCUT2D eigenvalue weighted by molar-refractivity contribution is -0.116. The Labute approximate surface area is 121 Å². The van der Waals surface area contributed by atoms with Gasteiger partial charge in [0.2, 0.25) is 5.91 Å². The van der Waals surface area contributed by atoms with Gasteiger partial charge in [-0.3, -0.25) is 4.79 Å². The lowest BCUT2D eigenvalue weighted by atomic mass is 10.2. The molecule has 0 bridgehead atoms. The summed E-state index contributed by atoms with van der Waals surface area (Å²) in [6, 6.07) is 7.78. The number of anilines is 2. The summed E-state index contributed by atoms with van der Waals surface area (Å²) in [5.74, 6) is -0.165. The molecular formula is C13H16N6O2. The normalized spacial score (nSPS) is 15.0. The van der Waals surface area contributed by atoms with E-state index in [0.29, 0.717) is 0 Å². The van der Waals surface area contributed by atoms with Gasteiger partial charge in [-0.1, -0.05) is 0 Å². The van der Waals surface area contributed by atoms with Gasteiger partial charge in [0, 0.05) is 24.5 Å². The minimum absolute atomic E-state index is 0.0955. The van der Waals surface area contributed by atoms with Crippen molar-refractivity contribution in [2.75, 3.05) is 36.5 Å². The number of tetrazole rings is 1. The van der Waals surface area contributed by atoms with Crippen LogP contribution in [0, 0.1) is 0 Å². The average Bonchev–Trinajstić information content (AvgIpc) is 3.02. The molecule has 0 unspecified atom stereocenters. The van der Waals surface area contributed by atoms with E-state index in [1.54, 1.807) is 0 Å². The minimum Gasteiger partial charge on any atom is -0.378 e. The van der Waals surface area contributed by atoms with Crippen LogP contribution in [0.4, 0.5) is 11.4 Å². The molecule has 8 heteroatoms. The Balaban J connectivity index is 1.57. The van der Waals surface area contributed by atoms with Crippen molar-refractivity contribution in [2.45, 2.75) is 6.54 Å². The Kier molecular flexibility index (Phi) is 4.06. The lowest BCUT2D eigenvalue weighted by Crippen LogP contribution is -2.36. The van der Waals surface area contributed by atoms with Crippen LogP contribution in [-0.2, 0) is 16.1 Å². The molecule has 8 nitrogen and oxygen atoms in total. The van der Waals surface area contributed by atoms with Crippen LogP contribution in [0.2, 0.25) is 0 Å². The van der Waals surface area contributed by atoms with Gasteiger partial charge in [-0.25, -0.2) is 4.68 Å². The van der Waals surface area contributed by atoms with E-state index in [9.17, 15) is 4.79 Å². The van der Waals surface area contributed by atoms with Gasteiger partial charge in [0.1, 0.15) is 12.9 Å². The van der Waals surface area contributed by atoms with Gasteiger partial charge in [-0.05, 0) is 34.7 Å². The van der Waals surface area contributed by atoms with Gasteiger partial charge in [-0.2, -0.15) is 0 Å². The SMILES string of the molecule is O=C(Cn1cnnn1)Nc1ccc(N2CCOCC2)cc1. The first-order chi connectivity index (χ1) is 10.3. The molecular weight excluding hydrogens is 272 g/mol. The average molecular weight is 288 g/mol. The molecule has 0 aliphatic carbocycles. The van der Waals surface area contributed by atoms with E-state index in [1.807, 2.05) is 24.3 Å². The van der Waals surface area contributed by atoms with Crippen LogP contribution in [0.5, 0.6) is 0 Å². The number of amides is 1. The number of carbonyl (C=O) groups excluding carboxylic acids is 1. The molecule has 3 rings (SSSR count). The topological polar surface area (TPSA) is 85.2 Å². The van der Waals surface area contributed by atoms with Crippen molar-refractivity contribution in [1.29, 1.82) is 0 Å². The first-order valence-electron chi connectivity index (χ1n) is 6.75. The number of nitrogens with one attached hydrogen (secondary N) is 1. The Morgan fingerprint density at radius 1 is 1.24 bits per heavy atom. The van der Waals surface area contributed by atoms with E-state index in [4.69, 9.17) is 4.74 Å². The standard InChI is InChI=1S/C13H16N6O2/c20-13(9-19-10-14-16-17-19)15-11-1-3-12(4-2-11)18-5-7-21-8-6-18/h1-4,10H,5-9H2,(H,15,20). The number of hydrogen-bond donors (Lipinski definition) is 1. The summed E-state index contributed by atoms with van der Waals surface area (Å²) in [4.78, 5) is 14.1. The zero-order valence-electron chi connectivity index (χ0n) is 11.5. The van der Waals surface area contributed by atoms with Crippen molar-refractivity contribution in [1.82, 2.24) is 20.2 Å². The van der Waals surface area contributed by atoms with Crippen molar-refractivity contribution in [2.24, 2.45) is 0 Å². The van der Waals surface area contributed by atoms with Crippen molar-refractivity contribution in [3.05, 3.63) is 30.6 Å². The molecule has 1 aromatic carbocycles. The monoisotopic (exact) mass is 288 g/mol. The molecule has 1 N–H and O–H groups in total. The van der Waals surface area contributed by atoms with Gasteiger partial charge in [-0.15, -0.1) is 5.10 Å². The molecule has 1 saturated heterocycles. The number of nitrogens with zero attached hydrogens (tertiary/aromatic N) is 5. The summed E-state index contributed by atoms with van der Waals surface area (Å²) in [6.45, 7) is 3.39. The number of rotatable bonds is 4. The number of morpholine rings is 1. The van der Waals surface area contributed by atoms with Gasteiger partial charge in [0.25, 0.3) is 0 Å². The van der Waals surface area contributed by atoms with Crippen molar-refractivity contribution in [3.63, 3.8) is 0 Å². The van der Waals surface area contributed by atoms with E-state index in [0.717, 1.165) is 37.7 Å².